The van der Waals surface area contributed by atoms with Gasteiger partial charge in [-0.1, -0.05) is 55.8 Å². The number of amides is 1. The monoisotopic (exact) mass is 349 g/mol. The Bertz CT molecular complexity index is 839. The normalized spacial score (nSPS) is 11.0. The van der Waals surface area contributed by atoms with Gasteiger partial charge in [-0.15, -0.1) is 0 Å². The van der Waals surface area contributed by atoms with E-state index in [4.69, 9.17) is 4.98 Å². The number of rotatable bonds is 9. The zero-order chi connectivity index (χ0) is 18.2. The smallest absolute Gasteiger partial charge is 0.219 e. The van der Waals surface area contributed by atoms with Crippen LogP contribution in [0.4, 0.5) is 0 Å². The molecule has 0 spiro atoms. The molecule has 26 heavy (non-hydrogen) atoms. The lowest BCUT2D eigenvalue weighted by Gasteiger charge is -2.10. The van der Waals surface area contributed by atoms with Gasteiger partial charge in [-0.25, -0.2) is 4.98 Å². The molecular weight excluding hydrogens is 322 g/mol. The highest BCUT2D eigenvalue weighted by atomic mass is 16.1. The number of para-hydroxylation sites is 2. The molecule has 136 valence electrons. The van der Waals surface area contributed by atoms with Crippen LogP contribution in [-0.4, -0.2) is 22.0 Å². The molecule has 0 saturated heterocycles. The summed E-state index contributed by atoms with van der Waals surface area (Å²) in [6.45, 7) is 3.50. The topological polar surface area (TPSA) is 46.9 Å². The Morgan fingerprint density at radius 3 is 2.58 bits per heavy atom. The quantitative estimate of drug-likeness (QED) is 0.585. The molecule has 0 radical (unpaired) electrons. The molecule has 2 aromatic carbocycles. The first kappa shape index (κ1) is 18.2. The van der Waals surface area contributed by atoms with E-state index >= 15 is 0 Å². The Hall–Kier alpha value is -2.62. The fourth-order valence-electron chi connectivity index (χ4n) is 3.20. The third kappa shape index (κ3) is 4.72. The Kier molecular flexibility index (Phi) is 6.42. The average molecular weight is 349 g/mol. The number of carbonyl (C=O) groups excluding carboxylic acids is 1. The van der Waals surface area contributed by atoms with Gasteiger partial charge in [0, 0.05) is 25.9 Å². The number of aryl methyl sites for hydroxylation is 1. The third-order valence-electron chi connectivity index (χ3n) is 4.64. The predicted molar refractivity (Wildman–Crippen MR) is 106 cm³/mol. The minimum atomic E-state index is 0.134. The van der Waals surface area contributed by atoms with Gasteiger partial charge in [0.15, 0.2) is 0 Å². The lowest BCUT2D eigenvalue weighted by atomic mass is 10.1. The number of hydrogen-bond donors (Lipinski definition) is 1. The van der Waals surface area contributed by atoms with E-state index in [1.165, 1.54) is 11.1 Å². The first-order valence-corrected chi connectivity index (χ1v) is 9.52. The van der Waals surface area contributed by atoms with Crippen LogP contribution in [0.5, 0.6) is 0 Å². The van der Waals surface area contributed by atoms with Crippen LogP contribution in [-0.2, 0) is 17.8 Å². The first-order valence-electron chi connectivity index (χ1n) is 9.52. The van der Waals surface area contributed by atoms with E-state index in [9.17, 15) is 4.79 Å². The maximum Gasteiger partial charge on any atom is 0.219 e. The number of nitrogens with one attached hydrogen (secondary N) is 1. The summed E-state index contributed by atoms with van der Waals surface area (Å²) in [4.78, 5) is 16.1. The molecule has 3 aromatic rings. The Morgan fingerprint density at radius 2 is 1.77 bits per heavy atom. The van der Waals surface area contributed by atoms with E-state index in [0.717, 1.165) is 50.1 Å². The SMILES string of the molecule is CCC(=O)NCCCCCc1nc2ccccc2n1Cc1ccccc1. The predicted octanol–water partition coefficient (Wildman–Crippen LogP) is 4.32. The van der Waals surface area contributed by atoms with Gasteiger partial charge in [-0.2, -0.15) is 0 Å². The zero-order valence-electron chi connectivity index (χ0n) is 15.4. The van der Waals surface area contributed by atoms with Crippen LogP contribution in [0.15, 0.2) is 54.6 Å². The van der Waals surface area contributed by atoms with Gasteiger partial charge in [0.1, 0.15) is 5.82 Å². The molecule has 0 aliphatic heterocycles. The molecule has 4 heteroatoms. The number of imidazole rings is 1. The van der Waals surface area contributed by atoms with Crippen molar-refractivity contribution in [2.75, 3.05) is 6.54 Å². The second kappa shape index (κ2) is 9.18. The highest BCUT2D eigenvalue weighted by Gasteiger charge is 2.10. The van der Waals surface area contributed by atoms with Crippen molar-refractivity contribution in [3.05, 3.63) is 66.0 Å². The van der Waals surface area contributed by atoms with Crippen molar-refractivity contribution in [2.24, 2.45) is 0 Å². The van der Waals surface area contributed by atoms with E-state index in [0.29, 0.717) is 6.42 Å². The fourth-order valence-corrected chi connectivity index (χ4v) is 3.20. The summed E-state index contributed by atoms with van der Waals surface area (Å²) < 4.78 is 2.34. The van der Waals surface area contributed by atoms with Crippen LogP contribution in [0, 0.1) is 0 Å². The van der Waals surface area contributed by atoms with E-state index in [2.05, 4.69) is 52.3 Å². The molecule has 0 bridgehead atoms. The van der Waals surface area contributed by atoms with Crippen molar-refractivity contribution in [3.8, 4) is 0 Å². The van der Waals surface area contributed by atoms with Gasteiger partial charge in [-0.3, -0.25) is 4.79 Å². The summed E-state index contributed by atoms with van der Waals surface area (Å²) in [5, 5.41) is 2.94. The molecule has 0 unspecified atom stereocenters. The van der Waals surface area contributed by atoms with Crippen molar-refractivity contribution in [1.29, 1.82) is 0 Å². The van der Waals surface area contributed by atoms with E-state index in [1.807, 2.05) is 19.1 Å². The molecule has 1 heterocycles. The van der Waals surface area contributed by atoms with Crippen molar-refractivity contribution < 1.29 is 4.79 Å². The van der Waals surface area contributed by atoms with Crippen molar-refractivity contribution in [3.63, 3.8) is 0 Å². The van der Waals surface area contributed by atoms with Crippen molar-refractivity contribution in [1.82, 2.24) is 14.9 Å². The molecule has 0 atom stereocenters. The highest BCUT2D eigenvalue weighted by Crippen LogP contribution is 2.19. The summed E-state index contributed by atoms with van der Waals surface area (Å²) >= 11 is 0. The lowest BCUT2D eigenvalue weighted by molar-refractivity contribution is -0.120. The third-order valence-corrected chi connectivity index (χ3v) is 4.64. The van der Waals surface area contributed by atoms with Crippen LogP contribution in [0.3, 0.4) is 0 Å². The summed E-state index contributed by atoms with van der Waals surface area (Å²) in [5.41, 5.74) is 3.55. The molecule has 0 fully saturated rings. The van der Waals surface area contributed by atoms with Crippen LogP contribution < -0.4 is 5.32 Å². The zero-order valence-corrected chi connectivity index (χ0v) is 15.4. The number of nitrogens with zero attached hydrogens (tertiary/aromatic N) is 2. The van der Waals surface area contributed by atoms with Crippen LogP contribution in [0.25, 0.3) is 11.0 Å². The van der Waals surface area contributed by atoms with Gasteiger partial charge in [0.25, 0.3) is 0 Å². The summed E-state index contributed by atoms with van der Waals surface area (Å²) in [6, 6.07) is 18.9. The molecule has 3 rings (SSSR count). The standard InChI is InChI=1S/C22H27N3O/c1-2-22(26)23-16-10-4-7-15-21-24-19-13-8-9-14-20(19)25(21)17-18-11-5-3-6-12-18/h3,5-6,8-9,11-14H,2,4,7,10,15-17H2,1H3,(H,23,26). The summed E-state index contributed by atoms with van der Waals surface area (Å²) in [6.07, 6.45) is 4.72. The molecule has 4 nitrogen and oxygen atoms in total. The van der Waals surface area contributed by atoms with Crippen LogP contribution in [0.2, 0.25) is 0 Å². The summed E-state index contributed by atoms with van der Waals surface area (Å²) in [5.74, 6) is 1.28. The van der Waals surface area contributed by atoms with Gasteiger partial charge < -0.3 is 9.88 Å². The maximum atomic E-state index is 11.3. The largest absolute Gasteiger partial charge is 0.356 e. The summed E-state index contributed by atoms with van der Waals surface area (Å²) in [7, 11) is 0. The molecule has 1 aromatic heterocycles. The minimum absolute atomic E-state index is 0.134. The molecule has 0 aliphatic carbocycles. The highest BCUT2D eigenvalue weighted by molar-refractivity contribution is 5.76. The number of fused-ring (bicyclic) bond motifs is 1. The van der Waals surface area contributed by atoms with Gasteiger partial charge in [-0.05, 0) is 30.5 Å². The Morgan fingerprint density at radius 1 is 1.00 bits per heavy atom. The van der Waals surface area contributed by atoms with Crippen molar-refractivity contribution >= 4 is 16.9 Å². The first-order chi connectivity index (χ1) is 12.8. The van der Waals surface area contributed by atoms with E-state index < -0.39 is 0 Å². The Balaban J connectivity index is 1.64. The lowest BCUT2D eigenvalue weighted by Crippen LogP contribution is -2.23. The number of unbranched alkanes of at least 4 members (excludes halogenated alkanes) is 2. The van der Waals surface area contributed by atoms with Crippen LogP contribution >= 0.6 is 0 Å². The van der Waals surface area contributed by atoms with Crippen molar-refractivity contribution in [2.45, 2.75) is 45.6 Å². The number of carbonyl (C=O) groups is 1. The molecule has 1 amide bonds. The van der Waals surface area contributed by atoms with Gasteiger partial charge >= 0.3 is 0 Å². The maximum absolute atomic E-state index is 11.3. The molecular formula is C22H27N3O. The van der Waals surface area contributed by atoms with E-state index in [-0.39, 0.29) is 5.91 Å². The van der Waals surface area contributed by atoms with Crippen LogP contribution in [0.1, 0.15) is 44.0 Å². The average Bonchev–Trinajstić information content (AvgIpc) is 3.02. The number of aromatic nitrogens is 2. The second-order valence-corrected chi connectivity index (χ2v) is 6.60. The van der Waals surface area contributed by atoms with Gasteiger partial charge in [0.05, 0.1) is 11.0 Å². The Labute approximate surface area is 155 Å². The minimum Gasteiger partial charge on any atom is -0.356 e. The molecule has 0 aliphatic rings. The fraction of sp³-hybridized carbons (Fsp3) is 0.364. The number of benzene rings is 2. The van der Waals surface area contributed by atoms with Gasteiger partial charge in [0.2, 0.25) is 5.91 Å². The molecule has 1 N–H and O–H groups in total. The second-order valence-electron chi connectivity index (χ2n) is 6.60. The number of hydrogen-bond acceptors (Lipinski definition) is 2. The van der Waals surface area contributed by atoms with E-state index in [1.54, 1.807) is 0 Å². The molecule has 0 saturated carbocycles.